The lowest BCUT2D eigenvalue weighted by Gasteiger charge is -2.19. The fourth-order valence-electron chi connectivity index (χ4n) is 10.3. The summed E-state index contributed by atoms with van der Waals surface area (Å²) in [5.41, 5.74) is 13.9. The van der Waals surface area contributed by atoms with Crippen LogP contribution in [-0.2, 0) is 0 Å². The first-order valence-corrected chi connectivity index (χ1v) is 22.5. The smallest absolute Gasteiger partial charge is 0.146 e. The van der Waals surface area contributed by atoms with Gasteiger partial charge in [-0.05, 0) is 126 Å². The molecule has 0 fully saturated rings. The Kier molecular flexibility index (Phi) is 9.31. The van der Waals surface area contributed by atoms with Gasteiger partial charge in [0.25, 0.3) is 0 Å². The Bertz CT molecular complexity index is 4020. The zero-order valence-electron chi connectivity index (χ0n) is 36.3. The number of allylic oxidation sites excluding steroid dienone is 6. The largest absolute Gasteiger partial charge is 0.291 e. The molecule has 0 bridgehead atoms. The normalized spacial score (nSPS) is 12.5. The van der Waals surface area contributed by atoms with Gasteiger partial charge in [0, 0.05) is 21.5 Å². The van der Waals surface area contributed by atoms with Crippen LogP contribution >= 0.6 is 0 Å². The topological polar surface area (TPSA) is 17.3 Å². The molecule has 0 spiro atoms. The van der Waals surface area contributed by atoms with Gasteiger partial charge in [-0.3, -0.25) is 4.40 Å². The van der Waals surface area contributed by atoms with Gasteiger partial charge < -0.3 is 0 Å². The maximum atomic E-state index is 5.48. The summed E-state index contributed by atoms with van der Waals surface area (Å²) in [6, 6.07) is 67.3. The average molecular weight is 829 g/mol. The standard InChI is InChI=1S/C63H44N2/c1-3-5-7-19-41-21-17-23-45(37-41)59-50-28-12-13-29-51(50)60(46-24-18-22-42(38-46)20-8-6-4-2)57-40-43(33-35-52(57)59)44-34-36-58-56(39-44)49-27-11-16-32-55(49)63-64-61-53-30-14-9-25-47(53)48-26-10-15-31-54(48)62(61)65(58)63/h3-40H,1-2H3/b5-3-,6-4-,19-7-,20-8-. The Morgan fingerprint density at radius 3 is 1.45 bits per heavy atom. The minimum absolute atomic E-state index is 0.983. The minimum Gasteiger partial charge on any atom is -0.291 e. The molecule has 2 heterocycles. The van der Waals surface area contributed by atoms with Gasteiger partial charge >= 0.3 is 0 Å². The molecule has 12 rings (SSSR count). The summed E-state index contributed by atoms with van der Waals surface area (Å²) in [7, 11) is 0. The molecular weight excluding hydrogens is 785 g/mol. The van der Waals surface area contributed by atoms with E-state index in [0.717, 1.165) is 27.6 Å². The Hall–Kier alpha value is -8.33. The summed E-state index contributed by atoms with van der Waals surface area (Å²) in [5.74, 6) is 0. The van der Waals surface area contributed by atoms with E-state index in [-0.39, 0.29) is 0 Å². The van der Waals surface area contributed by atoms with Crippen LogP contribution < -0.4 is 0 Å². The van der Waals surface area contributed by atoms with Gasteiger partial charge in [-0.25, -0.2) is 4.98 Å². The van der Waals surface area contributed by atoms with Gasteiger partial charge in [0.2, 0.25) is 0 Å². The number of aromatic nitrogens is 2. The van der Waals surface area contributed by atoms with E-state index in [1.54, 1.807) is 0 Å². The van der Waals surface area contributed by atoms with Gasteiger partial charge in [0.05, 0.1) is 16.6 Å². The summed E-state index contributed by atoms with van der Waals surface area (Å²) in [4.78, 5) is 5.48. The first kappa shape index (κ1) is 38.4. The summed E-state index contributed by atoms with van der Waals surface area (Å²) in [6.45, 7) is 4.10. The third kappa shape index (κ3) is 6.29. The lowest BCUT2D eigenvalue weighted by atomic mass is 9.84. The van der Waals surface area contributed by atoms with E-state index in [9.17, 15) is 0 Å². The zero-order chi connectivity index (χ0) is 43.4. The van der Waals surface area contributed by atoms with Crippen LogP contribution in [0.5, 0.6) is 0 Å². The number of imidazole rings is 1. The van der Waals surface area contributed by atoms with Crippen LogP contribution in [0.4, 0.5) is 0 Å². The monoisotopic (exact) mass is 828 g/mol. The predicted molar refractivity (Wildman–Crippen MR) is 282 cm³/mol. The fourth-order valence-corrected chi connectivity index (χ4v) is 10.3. The number of hydrogen-bond donors (Lipinski definition) is 0. The van der Waals surface area contributed by atoms with Crippen molar-refractivity contribution in [2.45, 2.75) is 13.8 Å². The third-order valence-corrected chi connectivity index (χ3v) is 13.1. The Morgan fingerprint density at radius 2 is 0.831 bits per heavy atom. The second-order valence-corrected chi connectivity index (χ2v) is 16.9. The molecular formula is C63H44N2. The molecule has 2 nitrogen and oxygen atoms in total. The van der Waals surface area contributed by atoms with E-state index < -0.39 is 0 Å². The molecule has 0 atom stereocenters. The molecule has 306 valence electrons. The van der Waals surface area contributed by atoms with E-state index >= 15 is 0 Å². The molecule has 0 aliphatic carbocycles. The van der Waals surface area contributed by atoms with Crippen molar-refractivity contribution in [1.82, 2.24) is 9.38 Å². The van der Waals surface area contributed by atoms with E-state index in [1.165, 1.54) is 98.4 Å². The highest BCUT2D eigenvalue weighted by Gasteiger charge is 2.21. The quantitative estimate of drug-likeness (QED) is 0.0889. The van der Waals surface area contributed by atoms with Crippen LogP contribution in [0.25, 0.3) is 127 Å². The van der Waals surface area contributed by atoms with Gasteiger partial charge in [0.1, 0.15) is 5.65 Å². The van der Waals surface area contributed by atoms with Gasteiger partial charge in [-0.15, -0.1) is 0 Å². The molecule has 0 saturated carbocycles. The molecule has 0 radical (unpaired) electrons. The molecule has 12 aromatic rings. The van der Waals surface area contributed by atoms with Crippen molar-refractivity contribution >= 4 is 93.6 Å². The van der Waals surface area contributed by atoms with Crippen LogP contribution in [0.1, 0.15) is 25.0 Å². The summed E-state index contributed by atoms with van der Waals surface area (Å²) in [6.07, 6.45) is 16.9. The number of benzene rings is 10. The fraction of sp³-hybridized carbons (Fsp3) is 0.0317. The number of rotatable bonds is 7. The molecule has 0 unspecified atom stereocenters. The van der Waals surface area contributed by atoms with Crippen molar-refractivity contribution in [3.05, 3.63) is 230 Å². The number of pyridine rings is 1. The first-order chi connectivity index (χ1) is 32.2. The second-order valence-electron chi connectivity index (χ2n) is 16.9. The zero-order valence-corrected chi connectivity index (χ0v) is 36.3. The molecule has 0 saturated heterocycles. The average Bonchev–Trinajstić information content (AvgIpc) is 3.78. The summed E-state index contributed by atoms with van der Waals surface area (Å²) < 4.78 is 2.42. The maximum absolute atomic E-state index is 5.48. The molecule has 2 heteroatoms. The van der Waals surface area contributed by atoms with Crippen molar-refractivity contribution in [3.8, 4) is 33.4 Å². The van der Waals surface area contributed by atoms with Gasteiger partial charge in [-0.2, -0.15) is 0 Å². The van der Waals surface area contributed by atoms with E-state index in [0.29, 0.717) is 0 Å². The predicted octanol–water partition coefficient (Wildman–Crippen LogP) is 17.6. The molecule has 0 amide bonds. The Labute approximate surface area is 378 Å². The minimum atomic E-state index is 0.983. The highest BCUT2D eigenvalue weighted by molar-refractivity contribution is 6.27. The highest BCUT2D eigenvalue weighted by Crippen LogP contribution is 2.46. The molecule has 0 aliphatic heterocycles. The molecule has 0 N–H and O–H groups in total. The maximum Gasteiger partial charge on any atom is 0.146 e. The van der Waals surface area contributed by atoms with Crippen molar-refractivity contribution < 1.29 is 0 Å². The number of hydrogen-bond acceptors (Lipinski definition) is 1. The molecule has 65 heavy (non-hydrogen) atoms. The summed E-state index contributed by atoms with van der Waals surface area (Å²) >= 11 is 0. The van der Waals surface area contributed by atoms with Crippen LogP contribution in [0.3, 0.4) is 0 Å². The SMILES string of the molecule is C/C=C\C=C/c1cccc(-c2c3ccccc3c(-c3cccc(/C=C\C=C/C)c3)c3cc(-c4ccc5c(c4)c4ccccc4c4nc6c7ccccc7c7ccccc7c6n54)ccc23)c1. The Morgan fingerprint density at radius 1 is 0.354 bits per heavy atom. The highest BCUT2D eigenvalue weighted by atomic mass is 15.0. The van der Waals surface area contributed by atoms with Gasteiger partial charge in [-0.1, -0.05) is 200 Å². The lowest BCUT2D eigenvalue weighted by Crippen LogP contribution is -1.94. The third-order valence-electron chi connectivity index (χ3n) is 13.1. The van der Waals surface area contributed by atoms with Crippen molar-refractivity contribution in [2.75, 3.05) is 0 Å². The molecule has 2 aromatic heterocycles. The lowest BCUT2D eigenvalue weighted by molar-refractivity contribution is 1.32. The van der Waals surface area contributed by atoms with Crippen molar-refractivity contribution in [3.63, 3.8) is 0 Å². The molecule has 10 aromatic carbocycles. The van der Waals surface area contributed by atoms with E-state index in [2.05, 4.69) is 235 Å². The van der Waals surface area contributed by atoms with Crippen molar-refractivity contribution in [2.24, 2.45) is 0 Å². The van der Waals surface area contributed by atoms with Crippen LogP contribution in [0.15, 0.2) is 218 Å². The number of nitrogens with zero attached hydrogens (tertiary/aromatic N) is 2. The number of fused-ring (bicyclic) bond motifs is 15. The van der Waals surface area contributed by atoms with E-state index in [1.807, 2.05) is 13.8 Å². The van der Waals surface area contributed by atoms with Crippen LogP contribution in [0.2, 0.25) is 0 Å². The van der Waals surface area contributed by atoms with Gasteiger partial charge in [0.15, 0.2) is 0 Å². The van der Waals surface area contributed by atoms with Crippen LogP contribution in [-0.4, -0.2) is 9.38 Å². The first-order valence-electron chi connectivity index (χ1n) is 22.5. The van der Waals surface area contributed by atoms with Crippen LogP contribution in [0, 0.1) is 0 Å². The second kappa shape index (κ2) is 15.8. The molecule has 0 aliphatic rings. The van der Waals surface area contributed by atoms with E-state index in [4.69, 9.17) is 4.98 Å². The Balaban J connectivity index is 1.14. The summed E-state index contributed by atoms with van der Waals surface area (Å²) in [5, 5.41) is 13.3. The van der Waals surface area contributed by atoms with Crippen molar-refractivity contribution in [1.29, 1.82) is 0 Å².